The van der Waals surface area contributed by atoms with Crippen molar-refractivity contribution in [2.75, 3.05) is 64.7 Å². The van der Waals surface area contributed by atoms with Gasteiger partial charge in [-0.1, -0.05) is 24.3 Å². The number of carbonyl (C=O) groups is 3. The normalized spacial score (nSPS) is 18.5. The van der Waals surface area contributed by atoms with E-state index >= 15 is 4.39 Å². The Bertz CT molecular complexity index is 2180. The van der Waals surface area contributed by atoms with Crippen LogP contribution in [0.15, 0.2) is 90.5 Å². The first-order chi connectivity index (χ1) is 29.4. The van der Waals surface area contributed by atoms with E-state index in [1.54, 1.807) is 48.4 Å². The number of anilines is 1. The number of nitrogens with two attached hydrogens (primary N) is 3. The number of carbonyl (C=O) groups excluding carboxylic acids is 3. The molecule has 1 atom stereocenters. The lowest BCUT2D eigenvalue weighted by atomic mass is 9.89. The van der Waals surface area contributed by atoms with Crippen LogP contribution in [0.25, 0.3) is 16.6 Å². The summed E-state index contributed by atoms with van der Waals surface area (Å²) in [6.07, 6.45) is 9.76. The smallest absolute Gasteiger partial charge is 0.253 e. The highest BCUT2D eigenvalue weighted by Gasteiger charge is 2.38. The minimum absolute atomic E-state index is 0.0715. The number of aldehydes is 1. The molecule has 3 fully saturated rings. The van der Waals surface area contributed by atoms with Gasteiger partial charge in [-0.25, -0.2) is 8.78 Å². The zero-order valence-electron chi connectivity index (χ0n) is 34.9. The van der Waals surface area contributed by atoms with Crippen LogP contribution in [0.2, 0.25) is 0 Å². The van der Waals surface area contributed by atoms with E-state index in [2.05, 4.69) is 25.0 Å². The molecule has 326 valence electrons. The molecule has 2 amide bonds. The van der Waals surface area contributed by atoms with Gasteiger partial charge in [0.05, 0.1) is 16.9 Å². The maximum atomic E-state index is 16.2. The van der Waals surface area contributed by atoms with Crippen molar-refractivity contribution in [1.29, 1.82) is 0 Å². The van der Waals surface area contributed by atoms with E-state index < -0.39 is 5.67 Å². The molecule has 4 heterocycles. The summed E-state index contributed by atoms with van der Waals surface area (Å²) in [5, 5.41) is 16.5. The van der Waals surface area contributed by atoms with Gasteiger partial charge in [0.2, 0.25) is 6.41 Å². The van der Waals surface area contributed by atoms with Crippen molar-refractivity contribution in [2.24, 2.45) is 17.2 Å². The molecule has 7 rings (SSSR count). The van der Waals surface area contributed by atoms with Gasteiger partial charge in [0.1, 0.15) is 29.3 Å². The summed E-state index contributed by atoms with van der Waals surface area (Å²) in [7, 11) is 1.72. The number of fused-ring (bicyclic) bond motifs is 1. The van der Waals surface area contributed by atoms with E-state index in [1.807, 2.05) is 42.6 Å². The first-order valence-electron chi connectivity index (χ1n) is 21.1. The molecule has 13 nitrogen and oxygen atoms in total. The SMILES string of the molecule is CNc1cc2ccn(C3CCN(CC4(F)CCN(C(=O)c5ccc(C6CCCN(C(/C=C(\N)c7ccccc7O)=C(N)N)C6)cc5)CC4)CC3)c2cc1F.O=CCCNC=O. The number of phenolic OH excluding ortho intramolecular Hbond substituents is 1. The summed E-state index contributed by atoms with van der Waals surface area (Å²) >= 11 is 0. The number of phenols is 1. The molecule has 9 N–H and O–H groups in total. The van der Waals surface area contributed by atoms with Crippen LogP contribution in [0.1, 0.15) is 78.4 Å². The fraction of sp³-hybridized carbons (Fsp3) is 0.413. The molecule has 0 aliphatic carbocycles. The molecule has 1 aromatic heterocycles. The first kappa shape index (κ1) is 44.5. The lowest BCUT2D eigenvalue weighted by Crippen LogP contribution is -2.51. The van der Waals surface area contributed by atoms with Crippen molar-refractivity contribution < 1.29 is 28.3 Å². The summed E-state index contributed by atoms with van der Waals surface area (Å²) in [6.45, 7) is 4.58. The molecule has 0 saturated carbocycles. The molecule has 61 heavy (non-hydrogen) atoms. The molecule has 4 aromatic rings. The minimum Gasteiger partial charge on any atom is -0.507 e. The highest BCUT2D eigenvalue weighted by Crippen LogP contribution is 2.35. The van der Waals surface area contributed by atoms with E-state index in [1.165, 1.54) is 0 Å². The largest absolute Gasteiger partial charge is 0.507 e. The number of nitrogens with zero attached hydrogens (tertiary/aromatic N) is 4. The second-order valence-corrected chi connectivity index (χ2v) is 16.2. The van der Waals surface area contributed by atoms with E-state index in [0.29, 0.717) is 86.6 Å². The van der Waals surface area contributed by atoms with Gasteiger partial charge < -0.3 is 57.0 Å². The molecule has 3 aromatic carbocycles. The number of aromatic hydroxyl groups is 1. The lowest BCUT2D eigenvalue weighted by molar-refractivity contribution is -0.110. The lowest BCUT2D eigenvalue weighted by Gasteiger charge is -2.41. The van der Waals surface area contributed by atoms with Crippen LogP contribution in [-0.2, 0) is 9.59 Å². The number of nitrogens with one attached hydrogen (secondary N) is 2. The van der Waals surface area contributed by atoms with Crippen LogP contribution in [0.5, 0.6) is 5.75 Å². The molecule has 1 unspecified atom stereocenters. The number of allylic oxidation sites excluding steroid dienone is 1. The number of halogens is 2. The molecule has 3 saturated heterocycles. The predicted octanol–water partition coefficient (Wildman–Crippen LogP) is 5.40. The number of hydrogen-bond acceptors (Lipinski definition) is 10. The quantitative estimate of drug-likeness (QED) is 0.0579. The maximum Gasteiger partial charge on any atom is 0.253 e. The molecule has 0 spiro atoms. The summed E-state index contributed by atoms with van der Waals surface area (Å²) in [5.41, 5.74) is 21.9. The Morgan fingerprint density at radius 2 is 1.66 bits per heavy atom. The summed E-state index contributed by atoms with van der Waals surface area (Å²) in [5.74, 6) is 0.0986. The number of benzene rings is 3. The Balaban J connectivity index is 0.000000819. The third-order valence-corrected chi connectivity index (χ3v) is 12.2. The Morgan fingerprint density at radius 3 is 2.31 bits per heavy atom. The highest BCUT2D eigenvalue weighted by atomic mass is 19.1. The molecule has 15 heteroatoms. The summed E-state index contributed by atoms with van der Waals surface area (Å²) in [4.78, 5) is 38.6. The van der Waals surface area contributed by atoms with Crippen LogP contribution >= 0.6 is 0 Å². The second-order valence-electron chi connectivity index (χ2n) is 16.2. The zero-order chi connectivity index (χ0) is 43.5. The van der Waals surface area contributed by atoms with Crippen LogP contribution in [-0.4, -0.2) is 108 Å². The van der Waals surface area contributed by atoms with Gasteiger partial charge in [-0.05, 0) is 73.7 Å². The van der Waals surface area contributed by atoms with Gasteiger partial charge >= 0.3 is 0 Å². The molecular formula is C46H59F2N9O4. The number of para-hydroxylation sites is 1. The monoisotopic (exact) mass is 839 g/mol. The van der Waals surface area contributed by atoms with Gasteiger partial charge in [-0.2, -0.15) is 0 Å². The maximum absolute atomic E-state index is 16.2. The van der Waals surface area contributed by atoms with Gasteiger partial charge in [0.15, 0.2) is 0 Å². The third-order valence-electron chi connectivity index (χ3n) is 12.2. The number of hydrogen-bond donors (Lipinski definition) is 6. The number of likely N-dealkylation sites (tertiary alicyclic amines) is 3. The van der Waals surface area contributed by atoms with Gasteiger partial charge in [-0.3, -0.25) is 9.59 Å². The van der Waals surface area contributed by atoms with E-state index in [4.69, 9.17) is 17.2 Å². The fourth-order valence-electron chi connectivity index (χ4n) is 8.76. The van der Waals surface area contributed by atoms with Crippen LogP contribution < -0.4 is 27.8 Å². The van der Waals surface area contributed by atoms with E-state index in [9.17, 15) is 23.9 Å². The average molecular weight is 840 g/mol. The van der Waals surface area contributed by atoms with Crippen molar-refractivity contribution >= 4 is 40.9 Å². The topological polar surface area (TPSA) is 188 Å². The predicted molar refractivity (Wildman–Crippen MR) is 236 cm³/mol. The Morgan fingerprint density at radius 1 is 0.934 bits per heavy atom. The van der Waals surface area contributed by atoms with Crippen LogP contribution in [0.3, 0.4) is 0 Å². The van der Waals surface area contributed by atoms with Crippen molar-refractivity contribution in [3.8, 4) is 5.75 Å². The number of amides is 2. The fourth-order valence-corrected chi connectivity index (χ4v) is 8.76. The van der Waals surface area contributed by atoms with Crippen LogP contribution in [0.4, 0.5) is 14.5 Å². The molecule has 3 aliphatic heterocycles. The number of alkyl halides is 1. The van der Waals surface area contributed by atoms with Crippen molar-refractivity contribution in [3.05, 3.63) is 113 Å². The molecule has 0 bridgehead atoms. The van der Waals surface area contributed by atoms with Gasteiger partial charge in [-0.15, -0.1) is 0 Å². The zero-order valence-corrected chi connectivity index (χ0v) is 34.9. The number of rotatable bonds is 13. The second kappa shape index (κ2) is 20.4. The van der Waals surface area contributed by atoms with Gasteiger partial charge in [0.25, 0.3) is 5.91 Å². The first-order valence-corrected chi connectivity index (χ1v) is 21.1. The standard InChI is InChI=1S/C42H52F2N8O2.C4H7NO2/c1-48-36-23-30-12-20-52(37(30)24-34(36)43)32-13-18-49(19-14-32)27-42(44)15-21-50(22-16-42)41(54)29-10-8-28(9-11-29)31-5-4-17-51(26-31)38(40(46)47)25-35(45)33-6-2-3-7-39(33)53;6-3-1-2-5-4-7/h2-3,6-12,20,23-25,31-32,48,53H,4-5,13-19,21-22,26-27,45-47H2,1H3;3-4H,1-2H2,(H,5,7)/b35-25-;. The van der Waals surface area contributed by atoms with Crippen molar-refractivity contribution in [2.45, 2.75) is 62.6 Å². The Labute approximate surface area is 356 Å². The highest BCUT2D eigenvalue weighted by molar-refractivity contribution is 5.94. The summed E-state index contributed by atoms with van der Waals surface area (Å²) < 4.78 is 32.9. The number of piperidine rings is 3. The van der Waals surface area contributed by atoms with Crippen molar-refractivity contribution in [3.63, 3.8) is 0 Å². The minimum atomic E-state index is -1.34. The molecule has 3 aliphatic rings. The Kier molecular flexibility index (Phi) is 14.9. The average Bonchev–Trinajstić information content (AvgIpc) is 3.68. The molecule has 0 radical (unpaired) electrons. The third kappa shape index (κ3) is 11.0. The van der Waals surface area contributed by atoms with E-state index in [0.717, 1.165) is 68.1 Å². The van der Waals surface area contributed by atoms with Crippen molar-refractivity contribution in [1.82, 2.24) is 24.6 Å². The van der Waals surface area contributed by atoms with Crippen LogP contribution in [0, 0.1) is 5.82 Å². The Hall–Kier alpha value is -6.09. The molecular weight excluding hydrogens is 781 g/mol. The van der Waals surface area contributed by atoms with Gasteiger partial charge in [0, 0.05) is 125 Å². The number of aromatic nitrogens is 1. The summed E-state index contributed by atoms with van der Waals surface area (Å²) in [6, 6.07) is 20.4. The van der Waals surface area contributed by atoms with E-state index in [-0.39, 0.29) is 35.3 Å².